The van der Waals surface area contributed by atoms with Gasteiger partial charge >= 0.3 is 0 Å². The van der Waals surface area contributed by atoms with Crippen LogP contribution >= 0.6 is 22.9 Å². The van der Waals surface area contributed by atoms with Crippen LogP contribution in [-0.2, 0) is 0 Å². The normalized spacial score (nSPS) is 12.5. The number of benzene rings is 2. The number of fused-ring (bicyclic) bond motifs is 1. The van der Waals surface area contributed by atoms with Crippen molar-refractivity contribution in [3.63, 3.8) is 0 Å². The Labute approximate surface area is 141 Å². The van der Waals surface area contributed by atoms with Crippen LogP contribution in [0.4, 0.5) is 10.1 Å². The first-order valence-electron chi connectivity index (χ1n) is 7.07. The monoisotopic (exact) mass is 351 g/mol. The van der Waals surface area contributed by atoms with Gasteiger partial charge in [0.2, 0.25) is 0 Å². The summed E-state index contributed by atoms with van der Waals surface area (Å²) in [5.41, 5.74) is 13.3. The van der Waals surface area contributed by atoms with Crippen molar-refractivity contribution in [3.8, 4) is 10.9 Å². The summed E-state index contributed by atoms with van der Waals surface area (Å²) in [6.07, 6.45) is 0.610. The van der Waals surface area contributed by atoms with Gasteiger partial charge in [-0.2, -0.15) is 0 Å². The molecule has 0 aliphatic carbocycles. The van der Waals surface area contributed by atoms with Gasteiger partial charge in [0.1, 0.15) is 0 Å². The van der Waals surface area contributed by atoms with E-state index in [0.29, 0.717) is 28.4 Å². The SMILES string of the molecule is CC[C@@H](N)c1ccc(Cl)c(Oc2nc3cc(N)ccc3s2)c1F. The average Bonchev–Trinajstić information content (AvgIpc) is 2.92. The highest BCUT2D eigenvalue weighted by atomic mass is 35.5. The molecule has 4 nitrogen and oxygen atoms in total. The predicted octanol–water partition coefficient (Wildman–Crippen LogP) is 4.87. The Kier molecular flexibility index (Phi) is 4.39. The molecule has 3 rings (SSSR count). The number of aromatic nitrogens is 1. The highest BCUT2D eigenvalue weighted by Crippen LogP contribution is 2.38. The Morgan fingerprint density at radius 2 is 2.13 bits per heavy atom. The average molecular weight is 352 g/mol. The third-order valence-electron chi connectivity index (χ3n) is 3.50. The van der Waals surface area contributed by atoms with E-state index in [0.717, 1.165) is 4.70 Å². The molecule has 23 heavy (non-hydrogen) atoms. The summed E-state index contributed by atoms with van der Waals surface area (Å²) in [6, 6.07) is 8.10. The fourth-order valence-electron chi connectivity index (χ4n) is 2.20. The number of anilines is 1. The molecule has 0 unspecified atom stereocenters. The zero-order valence-corrected chi connectivity index (χ0v) is 13.9. The second kappa shape index (κ2) is 6.31. The first-order chi connectivity index (χ1) is 11.0. The van der Waals surface area contributed by atoms with E-state index in [1.807, 2.05) is 13.0 Å². The van der Waals surface area contributed by atoms with Gasteiger partial charge < -0.3 is 16.2 Å². The molecule has 120 valence electrons. The van der Waals surface area contributed by atoms with Crippen LogP contribution < -0.4 is 16.2 Å². The van der Waals surface area contributed by atoms with Crippen LogP contribution in [0.1, 0.15) is 24.9 Å². The Hall–Kier alpha value is -1.89. The van der Waals surface area contributed by atoms with Crippen LogP contribution in [0.15, 0.2) is 30.3 Å². The summed E-state index contributed by atoms with van der Waals surface area (Å²) in [5, 5.41) is 0.474. The van der Waals surface area contributed by atoms with Gasteiger partial charge in [0, 0.05) is 17.3 Å². The van der Waals surface area contributed by atoms with Gasteiger partial charge in [0.25, 0.3) is 5.19 Å². The van der Waals surface area contributed by atoms with E-state index in [4.69, 9.17) is 27.8 Å². The number of nitrogens with two attached hydrogens (primary N) is 2. The molecule has 0 saturated heterocycles. The van der Waals surface area contributed by atoms with Gasteiger partial charge in [-0.1, -0.05) is 35.9 Å². The molecule has 0 radical (unpaired) electrons. The molecule has 1 heterocycles. The third-order valence-corrected chi connectivity index (χ3v) is 4.71. The van der Waals surface area contributed by atoms with Crippen molar-refractivity contribution in [2.75, 3.05) is 5.73 Å². The number of ether oxygens (including phenoxy) is 1. The van der Waals surface area contributed by atoms with Gasteiger partial charge in [-0.15, -0.1) is 0 Å². The molecule has 0 aliphatic rings. The summed E-state index contributed by atoms with van der Waals surface area (Å²) in [4.78, 5) is 4.31. The zero-order chi connectivity index (χ0) is 16.6. The Bertz CT molecular complexity index is 868. The van der Waals surface area contributed by atoms with Crippen LogP contribution in [0, 0.1) is 5.82 Å². The van der Waals surface area contributed by atoms with Crippen molar-refractivity contribution < 1.29 is 9.13 Å². The van der Waals surface area contributed by atoms with Gasteiger partial charge in [0.15, 0.2) is 11.6 Å². The topological polar surface area (TPSA) is 74.2 Å². The molecule has 0 aliphatic heterocycles. The summed E-state index contributed by atoms with van der Waals surface area (Å²) < 4.78 is 21.1. The quantitative estimate of drug-likeness (QED) is 0.657. The molecule has 7 heteroatoms. The molecule has 2 aromatic carbocycles. The summed E-state index contributed by atoms with van der Waals surface area (Å²) >= 11 is 7.37. The maximum Gasteiger partial charge on any atom is 0.279 e. The molecule has 0 amide bonds. The lowest BCUT2D eigenvalue weighted by atomic mass is 10.0. The predicted molar refractivity (Wildman–Crippen MR) is 92.7 cm³/mol. The van der Waals surface area contributed by atoms with Crippen LogP contribution in [-0.4, -0.2) is 4.98 Å². The molecule has 1 atom stereocenters. The Balaban J connectivity index is 2.00. The lowest BCUT2D eigenvalue weighted by Crippen LogP contribution is -2.11. The van der Waals surface area contributed by atoms with Crippen molar-refractivity contribution in [1.29, 1.82) is 0 Å². The highest BCUT2D eigenvalue weighted by molar-refractivity contribution is 7.20. The number of halogens is 2. The zero-order valence-electron chi connectivity index (χ0n) is 12.3. The third kappa shape index (κ3) is 3.10. The number of nitrogens with zero attached hydrogens (tertiary/aromatic N) is 1. The van der Waals surface area contributed by atoms with E-state index >= 15 is 0 Å². The summed E-state index contributed by atoms with van der Waals surface area (Å²) in [5.74, 6) is -0.606. The number of hydrogen-bond donors (Lipinski definition) is 2. The van der Waals surface area contributed by atoms with E-state index in [2.05, 4.69) is 4.98 Å². The minimum atomic E-state index is -0.550. The standard InChI is InChI=1S/C16H15ClFN3OS/c1-2-11(20)9-4-5-10(17)15(14(9)18)22-16-21-12-7-8(19)3-6-13(12)23-16/h3-7,11H,2,19-20H2,1H3/t11-/m1/s1. The summed E-state index contributed by atoms with van der Waals surface area (Å²) in [7, 11) is 0. The first kappa shape index (κ1) is 16.0. The van der Waals surface area contributed by atoms with Crippen molar-refractivity contribution >= 4 is 38.8 Å². The van der Waals surface area contributed by atoms with Crippen LogP contribution in [0.2, 0.25) is 5.02 Å². The molecule has 1 aromatic heterocycles. The highest BCUT2D eigenvalue weighted by Gasteiger charge is 2.19. The fraction of sp³-hybridized carbons (Fsp3) is 0.188. The minimum absolute atomic E-state index is 0.0555. The minimum Gasteiger partial charge on any atom is -0.426 e. The lowest BCUT2D eigenvalue weighted by molar-refractivity contribution is 0.433. The molecular formula is C16H15ClFN3OS. The molecule has 0 saturated carbocycles. The van der Waals surface area contributed by atoms with Gasteiger partial charge in [-0.25, -0.2) is 9.37 Å². The van der Waals surface area contributed by atoms with E-state index < -0.39 is 11.9 Å². The van der Waals surface area contributed by atoms with Crippen molar-refractivity contribution in [2.45, 2.75) is 19.4 Å². The second-order valence-electron chi connectivity index (χ2n) is 5.10. The number of hydrogen-bond acceptors (Lipinski definition) is 5. The molecular weight excluding hydrogens is 337 g/mol. The Morgan fingerprint density at radius 3 is 2.87 bits per heavy atom. The molecule has 4 N–H and O–H groups in total. The number of rotatable bonds is 4. The van der Waals surface area contributed by atoms with Crippen molar-refractivity contribution in [1.82, 2.24) is 4.98 Å². The molecule has 0 fully saturated rings. The van der Waals surface area contributed by atoms with Gasteiger partial charge in [0.05, 0.1) is 15.2 Å². The van der Waals surface area contributed by atoms with Crippen molar-refractivity contribution in [3.05, 3.63) is 46.7 Å². The maximum absolute atomic E-state index is 14.6. The molecule has 0 bridgehead atoms. The van der Waals surface area contributed by atoms with E-state index in [-0.39, 0.29) is 10.8 Å². The second-order valence-corrected chi connectivity index (χ2v) is 6.50. The smallest absolute Gasteiger partial charge is 0.279 e. The van der Waals surface area contributed by atoms with E-state index in [1.165, 1.54) is 11.3 Å². The van der Waals surface area contributed by atoms with Crippen LogP contribution in [0.3, 0.4) is 0 Å². The largest absolute Gasteiger partial charge is 0.426 e. The Morgan fingerprint density at radius 1 is 1.35 bits per heavy atom. The number of thiazole rings is 1. The fourth-order valence-corrected chi connectivity index (χ4v) is 3.19. The van der Waals surface area contributed by atoms with Crippen molar-refractivity contribution in [2.24, 2.45) is 5.73 Å². The van der Waals surface area contributed by atoms with Gasteiger partial charge in [-0.3, -0.25) is 0 Å². The van der Waals surface area contributed by atoms with Crippen LogP contribution in [0.25, 0.3) is 10.2 Å². The van der Waals surface area contributed by atoms with Crippen LogP contribution in [0.5, 0.6) is 10.9 Å². The summed E-state index contributed by atoms with van der Waals surface area (Å²) in [6.45, 7) is 1.89. The lowest BCUT2D eigenvalue weighted by Gasteiger charge is -2.14. The maximum atomic E-state index is 14.6. The van der Waals surface area contributed by atoms with E-state index in [1.54, 1.807) is 24.3 Å². The molecule has 3 aromatic rings. The first-order valence-corrected chi connectivity index (χ1v) is 8.26. The van der Waals surface area contributed by atoms with E-state index in [9.17, 15) is 4.39 Å². The molecule has 0 spiro atoms. The van der Waals surface area contributed by atoms with Gasteiger partial charge in [-0.05, 0) is 30.7 Å². The number of nitrogen functional groups attached to an aromatic ring is 1.